The van der Waals surface area contributed by atoms with E-state index in [-0.39, 0.29) is 0 Å². The quantitative estimate of drug-likeness (QED) is 0.651. The molecule has 0 N–H and O–H groups in total. The Morgan fingerprint density at radius 3 is 1.89 bits per heavy atom. The fourth-order valence-electron chi connectivity index (χ4n) is 1.99. The first kappa shape index (κ1) is 12.6. The van der Waals surface area contributed by atoms with Gasteiger partial charge in [-0.3, -0.25) is 0 Å². The maximum atomic E-state index is 2.25. The third-order valence-corrected chi connectivity index (χ3v) is 2.89. The van der Waals surface area contributed by atoms with Crippen LogP contribution in [0, 0.1) is 5.92 Å². The fourth-order valence-corrected chi connectivity index (χ4v) is 1.99. The standard InChI is InChI=1S/C18H20/c1-15(2)14-18-12-10-17(11-13-18)9-8-16-6-4-3-5-7-16/h3-13,15H,14H2,1-2H3/b9-8-. The van der Waals surface area contributed by atoms with E-state index in [1.807, 2.05) is 6.07 Å². The highest BCUT2D eigenvalue weighted by Crippen LogP contribution is 2.12. The molecule has 0 saturated heterocycles. The summed E-state index contributed by atoms with van der Waals surface area (Å²) in [6.45, 7) is 4.51. The van der Waals surface area contributed by atoms with E-state index in [1.165, 1.54) is 16.7 Å². The number of hydrogen-bond donors (Lipinski definition) is 0. The van der Waals surface area contributed by atoms with Crippen LogP contribution in [-0.2, 0) is 6.42 Å². The zero-order valence-corrected chi connectivity index (χ0v) is 11.1. The van der Waals surface area contributed by atoms with Crippen molar-refractivity contribution in [1.29, 1.82) is 0 Å². The Labute approximate surface area is 110 Å². The number of rotatable bonds is 4. The van der Waals surface area contributed by atoms with E-state index in [0.29, 0.717) is 0 Å². The van der Waals surface area contributed by atoms with E-state index in [0.717, 1.165) is 12.3 Å². The zero-order valence-electron chi connectivity index (χ0n) is 11.1. The molecule has 0 aromatic heterocycles. The molecular formula is C18H20. The minimum atomic E-state index is 0.718. The summed E-state index contributed by atoms with van der Waals surface area (Å²) < 4.78 is 0. The first-order chi connectivity index (χ1) is 8.74. The van der Waals surface area contributed by atoms with Crippen LogP contribution in [0.2, 0.25) is 0 Å². The molecule has 0 unspecified atom stereocenters. The van der Waals surface area contributed by atoms with Crippen molar-refractivity contribution in [3.05, 3.63) is 71.3 Å². The highest BCUT2D eigenvalue weighted by atomic mass is 14.0. The second-order valence-electron chi connectivity index (χ2n) is 5.08. The first-order valence-electron chi connectivity index (χ1n) is 6.56. The van der Waals surface area contributed by atoms with Crippen LogP contribution >= 0.6 is 0 Å². The van der Waals surface area contributed by atoms with Crippen molar-refractivity contribution in [3.63, 3.8) is 0 Å². The lowest BCUT2D eigenvalue weighted by Crippen LogP contribution is -1.93. The summed E-state index contributed by atoms with van der Waals surface area (Å²) in [5.41, 5.74) is 3.91. The molecule has 0 saturated carbocycles. The monoisotopic (exact) mass is 236 g/mol. The Kier molecular flexibility index (Phi) is 4.35. The predicted molar refractivity (Wildman–Crippen MR) is 80.4 cm³/mol. The van der Waals surface area contributed by atoms with Crippen molar-refractivity contribution < 1.29 is 0 Å². The van der Waals surface area contributed by atoms with Gasteiger partial charge in [0.15, 0.2) is 0 Å². The first-order valence-corrected chi connectivity index (χ1v) is 6.56. The van der Waals surface area contributed by atoms with Gasteiger partial charge in [0.1, 0.15) is 0 Å². The summed E-state index contributed by atoms with van der Waals surface area (Å²) in [7, 11) is 0. The lowest BCUT2D eigenvalue weighted by molar-refractivity contribution is 0.647. The third-order valence-electron chi connectivity index (χ3n) is 2.89. The predicted octanol–water partition coefficient (Wildman–Crippen LogP) is 5.06. The Bertz CT molecular complexity index is 489. The molecular weight excluding hydrogens is 216 g/mol. The van der Waals surface area contributed by atoms with Crippen LogP contribution in [0.1, 0.15) is 30.5 Å². The van der Waals surface area contributed by atoms with Gasteiger partial charge in [-0.05, 0) is 29.0 Å². The molecule has 0 aliphatic carbocycles. The summed E-state index contributed by atoms with van der Waals surface area (Å²) in [4.78, 5) is 0. The highest BCUT2D eigenvalue weighted by molar-refractivity contribution is 5.69. The minimum absolute atomic E-state index is 0.718. The van der Waals surface area contributed by atoms with Crippen molar-refractivity contribution in [3.8, 4) is 0 Å². The molecule has 0 atom stereocenters. The van der Waals surface area contributed by atoms with Gasteiger partial charge < -0.3 is 0 Å². The molecule has 0 amide bonds. The molecule has 92 valence electrons. The van der Waals surface area contributed by atoms with E-state index in [1.54, 1.807) is 0 Å². The van der Waals surface area contributed by atoms with E-state index in [9.17, 15) is 0 Å². The fraction of sp³-hybridized carbons (Fsp3) is 0.222. The molecule has 0 aliphatic rings. The van der Waals surface area contributed by atoms with Crippen LogP contribution in [0.5, 0.6) is 0 Å². The highest BCUT2D eigenvalue weighted by Gasteiger charge is 1.96. The topological polar surface area (TPSA) is 0 Å². The summed E-state index contributed by atoms with van der Waals surface area (Å²) in [6, 6.07) is 19.2. The second kappa shape index (κ2) is 6.20. The van der Waals surface area contributed by atoms with Gasteiger partial charge in [-0.1, -0.05) is 80.6 Å². The number of hydrogen-bond acceptors (Lipinski definition) is 0. The van der Waals surface area contributed by atoms with Crippen LogP contribution in [0.25, 0.3) is 12.2 Å². The van der Waals surface area contributed by atoms with Gasteiger partial charge in [0.25, 0.3) is 0 Å². The lowest BCUT2D eigenvalue weighted by Gasteiger charge is -2.04. The Morgan fingerprint density at radius 2 is 1.33 bits per heavy atom. The largest absolute Gasteiger partial charge is 0.0625 e. The van der Waals surface area contributed by atoms with Gasteiger partial charge in [-0.15, -0.1) is 0 Å². The van der Waals surface area contributed by atoms with Crippen LogP contribution < -0.4 is 0 Å². The molecule has 0 fully saturated rings. The molecule has 0 aliphatic heterocycles. The molecule has 0 spiro atoms. The average Bonchev–Trinajstić information content (AvgIpc) is 2.38. The van der Waals surface area contributed by atoms with Crippen LogP contribution in [0.4, 0.5) is 0 Å². The summed E-state index contributed by atoms with van der Waals surface area (Å²) in [5, 5.41) is 0. The molecule has 2 aromatic carbocycles. The molecule has 0 heterocycles. The van der Waals surface area contributed by atoms with Crippen LogP contribution in [0.15, 0.2) is 54.6 Å². The molecule has 0 bridgehead atoms. The summed E-state index contributed by atoms with van der Waals surface area (Å²) in [6.07, 6.45) is 5.47. The van der Waals surface area contributed by atoms with Crippen molar-refractivity contribution in [2.24, 2.45) is 5.92 Å². The van der Waals surface area contributed by atoms with Crippen molar-refractivity contribution in [2.75, 3.05) is 0 Å². The smallest absolute Gasteiger partial charge is 0.0256 e. The molecule has 18 heavy (non-hydrogen) atoms. The summed E-state index contributed by atoms with van der Waals surface area (Å²) >= 11 is 0. The van der Waals surface area contributed by atoms with E-state index < -0.39 is 0 Å². The van der Waals surface area contributed by atoms with E-state index in [2.05, 4.69) is 74.5 Å². The van der Waals surface area contributed by atoms with Gasteiger partial charge in [0, 0.05) is 0 Å². The van der Waals surface area contributed by atoms with Gasteiger partial charge in [0.05, 0.1) is 0 Å². The maximum absolute atomic E-state index is 2.25. The third kappa shape index (κ3) is 3.89. The molecule has 2 aromatic rings. The van der Waals surface area contributed by atoms with Gasteiger partial charge in [-0.2, -0.15) is 0 Å². The Balaban J connectivity index is 2.04. The molecule has 0 nitrogen and oxygen atoms in total. The van der Waals surface area contributed by atoms with Crippen molar-refractivity contribution in [2.45, 2.75) is 20.3 Å². The lowest BCUT2D eigenvalue weighted by atomic mass is 10.0. The second-order valence-corrected chi connectivity index (χ2v) is 5.08. The maximum Gasteiger partial charge on any atom is -0.0256 e. The normalized spacial score (nSPS) is 11.3. The molecule has 0 radical (unpaired) electrons. The van der Waals surface area contributed by atoms with Crippen molar-refractivity contribution in [1.82, 2.24) is 0 Å². The van der Waals surface area contributed by atoms with E-state index in [4.69, 9.17) is 0 Å². The Morgan fingerprint density at radius 1 is 0.778 bits per heavy atom. The average molecular weight is 236 g/mol. The minimum Gasteiger partial charge on any atom is -0.0625 e. The number of benzene rings is 2. The molecule has 0 heteroatoms. The van der Waals surface area contributed by atoms with Gasteiger partial charge in [-0.25, -0.2) is 0 Å². The zero-order chi connectivity index (χ0) is 12.8. The summed E-state index contributed by atoms with van der Waals surface area (Å²) in [5.74, 6) is 0.718. The van der Waals surface area contributed by atoms with Gasteiger partial charge >= 0.3 is 0 Å². The van der Waals surface area contributed by atoms with Crippen LogP contribution in [0.3, 0.4) is 0 Å². The van der Waals surface area contributed by atoms with Crippen LogP contribution in [-0.4, -0.2) is 0 Å². The van der Waals surface area contributed by atoms with Gasteiger partial charge in [0.2, 0.25) is 0 Å². The molecule has 2 rings (SSSR count). The Hall–Kier alpha value is -1.82. The van der Waals surface area contributed by atoms with Crippen molar-refractivity contribution >= 4 is 12.2 Å². The van der Waals surface area contributed by atoms with E-state index >= 15 is 0 Å². The SMILES string of the molecule is CC(C)Cc1ccc(/C=C\c2ccccc2)cc1.